The molecule has 0 aliphatic heterocycles. The van der Waals surface area contributed by atoms with Gasteiger partial charge in [-0.1, -0.05) is 19.1 Å². The summed E-state index contributed by atoms with van der Waals surface area (Å²) in [7, 11) is 0. The SMILES string of the molecule is CCC(O)CNCc1cccc(NC(=O)C(F)(F)F)c1. The van der Waals surface area contributed by atoms with Crippen molar-refractivity contribution in [3.63, 3.8) is 0 Å². The molecule has 1 rings (SSSR count). The highest BCUT2D eigenvalue weighted by Crippen LogP contribution is 2.18. The summed E-state index contributed by atoms with van der Waals surface area (Å²) in [5.41, 5.74) is 0.802. The third-order valence-electron chi connectivity index (χ3n) is 2.62. The Labute approximate surface area is 115 Å². The molecule has 0 fully saturated rings. The number of halogens is 3. The van der Waals surface area contributed by atoms with E-state index in [1.807, 2.05) is 6.92 Å². The highest BCUT2D eigenvalue weighted by Gasteiger charge is 2.38. The second kappa shape index (κ2) is 7.25. The smallest absolute Gasteiger partial charge is 0.392 e. The predicted octanol–water partition coefficient (Wildman–Crippen LogP) is 2.05. The predicted molar refractivity (Wildman–Crippen MR) is 69.1 cm³/mol. The molecule has 20 heavy (non-hydrogen) atoms. The normalized spacial score (nSPS) is 13.1. The van der Waals surface area contributed by atoms with Gasteiger partial charge in [0, 0.05) is 18.8 Å². The number of rotatable bonds is 6. The molecular formula is C13H17F3N2O2. The van der Waals surface area contributed by atoms with E-state index in [4.69, 9.17) is 0 Å². The number of aliphatic hydroxyl groups excluding tert-OH is 1. The molecule has 0 heterocycles. The van der Waals surface area contributed by atoms with E-state index >= 15 is 0 Å². The Hall–Kier alpha value is -1.60. The number of hydrogen-bond donors (Lipinski definition) is 3. The Morgan fingerprint density at radius 1 is 1.40 bits per heavy atom. The van der Waals surface area contributed by atoms with Crippen molar-refractivity contribution in [1.82, 2.24) is 5.32 Å². The van der Waals surface area contributed by atoms with Crippen LogP contribution in [0, 0.1) is 0 Å². The summed E-state index contributed by atoms with van der Waals surface area (Å²) in [6.07, 6.45) is -4.74. The molecule has 0 bridgehead atoms. The largest absolute Gasteiger partial charge is 0.471 e. The summed E-state index contributed by atoms with van der Waals surface area (Å²) >= 11 is 0. The molecule has 4 nitrogen and oxygen atoms in total. The molecule has 3 N–H and O–H groups in total. The van der Waals surface area contributed by atoms with E-state index in [1.165, 1.54) is 12.1 Å². The van der Waals surface area contributed by atoms with Gasteiger partial charge in [-0.05, 0) is 24.1 Å². The molecule has 1 aromatic carbocycles. The van der Waals surface area contributed by atoms with Gasteiger partial charge >= 0.3 is 12.1 Å². The van der Waals surface area contributed by atoms with Gasteiger partial charge in [-0.15, -0.1) is 0 Å². The lowest BCUT2D eigenvalue weighted by Gasteiger charge is -2.11. The topological polar surface area (TPSA) is 61.4 Å². The quantitative estimate of drug-likeness (QED) is 0.751. The van der Waals surface area contributed by atoms with Crippen LogP contribution in [0.5, 0.6) is 0 Å². The third kappa shape index (κ3) is 5.58. The van der Waals surface area contributed by atoms with Crippen molar-refractivity contribution in [3.05, 3.63) is 29.8 Å². The minimum atomic E-state index is -4.90. The zero-order chi connectivity index (χ0) is 15.2. The van der Waals surface area contributed by atoms with Crippen LogP contribution in [0.2, 0.25) is 0 Å². The first-order valence-electron chi connectivity index (χ1n) is 6.18. The van der Waals surface area contributed by atoms with Gasteiger partial charge in [0.05, 0.1) is 6.10 Å². The fraction of sp³-hybridized carbons (Fsp3) is 0.462. The summed E-state index contributed by atoms with van der Waals surface area (Å²) in [6, 6.07) is 6.11. The zero-order valence-electron chi connectivity index (χ0n) is 11.0. The number of hydrogen-bond acceptors (Lipinski definition) is 3. The van der Waals surface area contributed by atoms with Crippen LogP contribution in [-0.2, 0) is 11.3 Å². The fourth-order valence-corrected chi connectivity index (χ4v) is 1.49. The molecule has 0 saturated heterocycles. The van der Waals surface area contributed by atoms with Crippen molar-refractivity contribution >= 4 is 11.6 Å². The van der Waals surface area contributed by atoms with E-state index in [0.29, 0.717) is 25.1 Å². The summed E-state index contributed by atoms with van der Waals surface area (Å²) < 4.78 is 36.3. The maximum absolute atomic E-state index is 12.1. The van der Waals surface area contributed by atoms with Gasteiger partial charge < -0.3 is 15.7 Å². The van der Waals surface area contributed by atoms with Gasteiger partial charge in [-0.3, -0.25) is 4.79 Å². The molecule has 0 saturated carbocycles. The molecule has 1 aromatic rings. The van der Waals surface area contributed by atoms with E-state index in [9.17, 15) is 23.1 Å². The lowest BCUT2D eigenvalue weighted by molar-refractivity contribution is -0.167. The van der Waals surface area contributed by atoms with Gasteiger partial charge in [-0.25, -0.2) is 0 Å². The molecule has 1 atom stereocenters. The van der Waals surface area contributed by atoms with Gasteiger partial charge in [0.2, 0.25) is 0 Å². The van der Waals surface area contributed by atoms with E-state index in [2.05, 4.69) is 5.32 Å². The van der Waals surface area contributed by atoms with Crippen LogP contribution in [0.3, 0.4) is 0 Å². The van der Waals surface area contributed by atoms with Crippen molar-refractivity contribution in [2.45, 2.75) is 32.2 Å². The first kappa shape index (κ1) is 16.5. The summed E-state index contributed by atoms with van der Waals surface area (Å²) in [6.45, 7) is 2.64. The molecule has 0 aromatic heterocycles. The second-order valence-electron chi connectivity index (χ2n) is 4.35. The van der Waals surface area contributed by atoms with Crippen molar-refractivity contribution in [2.75, 3.05) is 11.9 Å². The molecule has 112 valence electrons. The lowest BCUT2D eigenvalue weighted by Crippen LogP contribution is -2.30. The standard InChI is InChI=1S/C13H17F3N2O2/c1-2-11(19)8-17-7-9-4-3-5-10(6-9)18-12(20)13(14,15)16/h3-6,11,17,19H,2,7-8H2,1H3,(H,18,20). The highest BCUT2D eigenvalue weighted by molar-refractivity contribution is 5.94. The molecule has 1 unspecified atom stereocenters. The van der Waals surface area contributed by atoms with Gasteiger partial charge in [-0.2, -0.15) is 13.2 Å². The van der Waals surface area contributed by atoms with Crippen molar-refractivity contribution in [3.8, 4) is 0 Å². The molecule has 0 radical (unpaired) electrons. The van der Waals surface area contributed by atoms with Crippen LogP contribution >= 0.6 is 0 Å². The van der Waals surface area contributed by atoms with E-state index in [1.54, 1.807) is 17.4 Å². The minimum absolute atomic E-state index is 0.0858. The number of amides is 1. The number of carbonyl (C=O) groups is 1. The molecule has 0 aliphatic carbocycles. The van der Waals surface area contributed by atoms with E-state index in [0.717, 1.165) is 0 Å². The average molecular weight is 290 g/mol. The van der Waals surface area contributed by atoms with Crippen molar-refractivity contribution < 1.29 is 23.1 Å². The summed E-state index contributed by atoms with van der Waals surface area (Å²) in [5, 5.41) is 14.1. The maximum atomic E-state index is 12.1. The maximum Gasteiger partial charge on any atom is 0.471 e. The fourth-order valence-electron chi connectivity index (χ4n) is 1.49. The Morgan fingerprint density at radius 3 is 2.70 bits per heavy atom. The van der Waals surface area contributed by atoms with E-state index in [-0.39, 0.29) is 5.69 Å². The van der Waals surface area contributed by atoms with Gasteiger partial charge in [0.25, 0.3) is 0 Å². The van der Waals surface area contributed by atoms with Crippen LogP contribution in [-0.4, -0.2) is 29.8 Å². The van der Waals surface area contributed by atoms with Crippen molar-refractivity contribution in [1.29, 1.82) is 0 Å². The molecular weight excluding hydrogens is 273 g/mol. The van der Waals surface area contributed by atoms with Gasteiger partial charge in [0.1, 0.15) is 0 Å². The Balaban J connectivity index is 2.56. The minimum Gasteiger partial charge on any atom is -0.392 e. The number of anilines is 1. The first-order valence-corrected chi connectivity index (χ1v) is 6.18. The average Bonchev–Trinajstić information content (AvgIpc) is 2.38. The van der Waals surface area contributed by atoms with Crippen LogP contribution < -0.4 is 10.6 Å². The molecule has 7 heteroatoms. The first-order chi connectivity index (χ1) is 9.32. The van der Waals surface area contributed by atoms with Crippen LogP contribution in [0.1, 0.15) is 18.9 Å². The molecule has 0 aliphatic rings. The third-order valence-corrected chi connectivity index (χ3v) is 2.62. The van der Waals surface area contributed by atoms with Crippen LogP contribution in [0.25, 0.3) is 0 Å². The van der Waals surface area contributed by atoms with E-state index < -0.39 is 18.2 Å². The Morgan fingerprint density at radius 2 is 2.10 bits per heavy atom. The zero-order valence-corrected chi connectivity index (χ0v) is 11.0. The monoisotopic (exact) mass is 290 g/mol. The summed E-state index contributed by atoms with van der Waals surface area (Å²) in [4.78, 5) is 10.8. The number of carbonyl (C=O) groups excluding carboxylic acids is 1. The lowest BCUT2D eigenvalue weighted by atomic mass is 10.2. The number of benzene rings is 1. The highest BCUT2D eigenvalue weighted by atomic mass is 19.4. The van der Waals surface area contributed by atoms with Crippen LogP contribution in [0.15, 0.2) is 24.3 Å². The second-order valence-corrected chi connectivity index (χ2v) is 4.35. The molecule has 0 spiro atoms. The van der Waals surface area contributed by atoms with Crippen molar-refractivity contribution in [2.24, 2.45) is 0 Å². The van der Waals surface area contributed by atoms with Gasteiger partial charge in [0.15, 0.2) is 0 Å². The Kier molecular flexibility index (Phi) is 5.97. The number of nitrogens with one attached hydrogen (secondary N) is 2. The summed E-state index contributed by atoms with van der Waals surface area (Å²) in [5.74, 6) is -2.00. The number of alkyl halides is 3. The van der Waals surface area contributed by atoms with Crippen LogP contribution in [0.4, 0.5) is 18.9 Å². The molecule has 1 amide bonds. The Bertz CT molecular complexity index is 449. The number of aliphatic hydroxyl groups is 1.